The number of H-pyrrole nitrogens is 1. The van der Waals surface area contributed by atoms with E-state index in [-0.39, 0.29) is 11.3 Å². The molecule has 14 heavy (non-hydrogen) atoms. The van der Waals surface area contributed by atoms with Crippen LogP contribution in [0.25, 0.3) is 0 Å². The minimum atomic E-state index is -2.86. The van der Waals surface area contributed by atoms with Crippen molar-refractivity contribution in [1.29, 1.82) is 0 Å². The average molecular weight is 222 g/mol. The van der Waals surface area contributed by atoms with Gasteiger partial charge in [-0.15, -0.1) is 0 Å². The molecule has 1 heterocycles. The average Bonchev–Trinajstić information content (AvgIpc) is 2.07. The Kier molecular flexibility index (Phi) is 3.00. The van der Waals surface area contributed by atoms with E-state index < -0.39 is 22.8 Å². The Balaban J connectivity index is 3.39. The lowest BCUT2D eigenvalue weighted by Gasteiger charge is -2.03. The first kappa shape index (κ1) is 10.8. The third-order valence-corrected chi connectivity index (χ3v) is 1.89. The first-order valence-electron chi connectivity index (χ1n) is 3.65. The van der Waals surface area contributed by atoms with Gasteiger partial charge >= 0.3 is 0 Å². The molecule has 0 aliphatic rings. The minimum Gasteiger partial charge on any atom is -0.318 e. The lowest BCUT2D eigenvalue weighted by molar-refractivity contribution is 0.107. The molecule has 0 unspecified atom stereocenters. The van der Waals surface area contributed by atoms with Crippen molar-refractivity contribution >= 4 is 16.8 Å². The monoisotopic (exact) mass is 221 g/mol. The van der Waals surface area contributed by atoms with Crippen molar-refractivity contribution in [1.82, 2.24) is 4.98 Å². The molecule has 1 N–H and O–H groups in total. The summed E-state index contributed by atoms with van der Waals surface area (Å²) < 4.78 is 24.4. The van der Waals surface area contributed by atoms with Crippen LogP contribution in [-0.4, -0.2) is 10.2 Å². The molecule has 1 rings (SSSR count). The Morgan fingerprint density at radius 2 is 2.14 bits per heavy atom. The molecular formula is C8H6ClF2NO2. The molecule has 0 aliphatic heterocycles. The molecule has 0 radical (unpaired) electrons. The molecule has 0 saturated carbocycles. The van der Waals surface area contributed by atoms with E-state index in [0.717, 1.165) is 6.07 Å². The Morgan fingerprint density at radius 1 is 1.57 bits per heavy atom. The van der Waals surface area contributed by atoms with Crippen molar-refractivity contribution < 1.29 is 13.6 Å². The van der Waals surface area contributed by atoms with Crippen LogP contribution in [0.3, 0.4) is 0 Å². The molecule has 76 valence electrons. The largest absolute Gasteiger partial charge is 0.318 e. The van der Waals surface area contributed by atoms with E-state index in [1.807, 2.05) is 4.98 Å². The van der Waals surface area contributed by atoms with E-state index in [1.54, 1.807) is 0 Å². The number of hydrogen-bond donors (Lipinski definition) is 1. The first-order chi connectivity index (χ1) is 6.43. The van der Waals surface area contributed by atoms with Gasteiger partial charge in [-0.1, -0.05) is 0 Å². The Hall–Kier alpha value is -1.23. The third kappa shape index (κ3) is 1.98. The number of aromatic amines is 1. The van der Waals surface area contributed by atoms with Crippen LogP contribution in [0.1, 0.15) is 28.0 Å². The molecular weight excluding hydrogens is 216 g/mol. The molecule has 0 spiro atoms. The summed E-state index contributed by atoms with van der Waals surface area (Å²) in [5, 5.41) is -0.875. The second-order valence-electron chi connectivity index (χ2n) is 2.69. The van der Waals surface area contributed by atoms with E-state index in [0.29, 0.717) is 0 Å². The van der Waals surface area contributed by atoms with Gasteiger partial charge in [0.25, 0.3) is 17.2 Å². The Morgan fingerprint density at radius 3 is 2.57 bits per heavy atom. The van der Waals surface area contributed by atoms with Gasteiger partial charge in [-0.2, -0.15) is 0 Å². The molecule has 0 aromatic carbocycles. The molecule has 0 amide bonds. The number of hydrogen-bond acceptors (Lipinski definition) is 2. The van der Waals surface area contributed by atoms with Gasteiger partial charge in [-0.3, -0.25) is 9.59 Å². The maximum atomic E-state index is 12.2. The molecule has 0 fully saturated rings. The fraction of sp³-hybridized carbons (Fsp3) is 0.250. The number of halogens is 3. The van der Waals surface area contributed by atoms with Gasteiger partial charge in [0.2, 0.25) is 0 Å². The summed E-state index contributed by atoms with van der Waals surface area (Å²) in [5.74, 6) is 0. The number of pyridine rings is 1. The van der Waals surface area contributed by atoms with Gasteiger partial charge in [-0.25, -0.2) is 8.78 Å². The van der Waals surface area contributed by atoms with Crippen molar-refractivity contribution in [2.75, 3.05) is 0 Å². The maximum absolute atomic E-state index is 12.2. The van der Waals surface area contributed by atoms with Crippen LogP contribution in [0.15, 0.2) is 10.9 Å². The molecule has 1 aromatic heterocycles. The fourth-order valence-corrected chi connectivity index (χ4v) is 1.22. The van der Waals surface area contributed by atoms with Crippen LogP contribution in [0.5, 0.6) is 0 Å². The SMILES string of the molecule is Cc1cc(C(F)F)c(=O)[nH]c1C(=O)Cl. The topological polar surface area (TPSA) is 49.9 Å². The second-order valence-corrected chi connectivity index (χ2v) is 3.03. The normalized spacial score (nSPS) is 10.6. The summed E-state index contributed by atoms with van der Waals surface area (Å²) in [6, 6.07) is 0.957. The maximum Gasteiger partial charge on any atom is 0.269 e. The van der Waals surface area contributed by atoms with Crippen molar-refractivity contribution in [3.05, 3.63) is 33.2 Å². The fourth-order valence-electron chi connectivity index (χ4n) is 1.02. The molecule has 6 heteroatoms. The second kappa shape index (κ2) is 3.88. The summed E-state index contributed by atoms with van der Waals surface area (Å²) in [5.41, 5.74) is -1.58. The van der Waals surface area contributed by atoms with E-state index in [1.165, 1.54) is 6.92 Å². The zero-order valence-corrected chi connectivity index (χ0v) is 7.86. The van der Waals surface area contributed by atoms with Gasteiger partial charge in [0.05, 0.1) is 5.56 Å². The number of nitrogens with one attached hydrogen (secondary N) is 1. The van der Waals surface area contributed by atoms with Crippen molar-refractivity contribution in [2.24, 2.45) is 0 Å². The number of alkyl halides is 2. The van der Waals surface area contributed by atoms with Crippen molar-refractivity contribution in [3.63, 3.8) is 0 Å². The Bertz CT molecular complexity index is 428. The highest BCUT2D eigenvalue weighted by molar-refractivity contribution is 6.67. The van der Waals surface area contributed by atoms with Crippen LogP contribution < -0.4 is 5.56 Å². The highest BCUT2D eigenvalue weighted by Gasteiger charge is 2.16. The lowest BCUT2D eigenvalue weighted by atomic mass is 10.1. The minimum absolute atomic E-state index is 0.152. The quantitative estimate of drug-likeness (QED) is 0.777. The summed E-state index contributed by atoms with van der Waals surface area (Å²) in [7, 11) is 0. The third-order valence-electron chi connectivity index (χ3n) is 1.70. The van der Waals surface area contributed by atoms with E-state index in [4.69, 9.17) is 11.6 Å². The molecule has 1 aromatic rings. The highest BCUT2D eigenvalue weighted by atomic mass is 35.5. The van der Waals surface area contributed by atoms with Gasteiger partial charge in [0.1, 0.15) is 5.69 Å². The molecule has 0 bridgehead atoms. The highest BCUT2D eigenvalue weighted by Crippen LogP contribution is 2.16. The predicted octanol–water partition coefficient (Wildman–Crippen LogP) is 2.00. The molecule has 0 saturated heterocycles. The van der Waals surface area contributed by atoms with Gasteiger partial charge in [-0.05, 0) is 30.2 Å². The van der Waals surface area contributed by atoms with E-state index >= 15 is 0 Å². The summed E-state index contributed by atoms with van der Waals surface area (Å²) in [6.45, 7) is 1.41. The standard InChI is InChI=1S/C8H6ClF2NO2/c1-3-2-4(7(10)11)8(14)12-5(3)6(9)13/h2,7H,1H3,(H,12,14). The predicted molar refractivity (Wildman–Crippen MR) is 46.9 cm³/mol. The van der Waals surface area contributed by atoms with Gasteiger partial charge < -0.3 is 4.98 Å². The smallest absolute Gasteiger partial charge is 0.269 e. The number of carbonyl (C=O) groups is 1. The van der Waals surface area contributed by atoms with Crippen LogP contribution in [0, 0.1) is 6.92 Å². The zero-order valence-electron chi connectivity index (χ0n) is 7.11. The summed E-state index contributed by atoms with van der Waals surface area (Å²) >= 11 is 5.12. The van der Waals surface area contributed by atoms with Gasteiger partial charge in [0, 0.05) is 0 Å². The zero-order chi connectivity index (χ0) is 10.9. The van der Waals surface area contributed by atoms with Crippen LogP contribution in [0.4, 0.5) is 8.78 Å². The number of rotatable bonds is 2. The number of aromatic nitrogens is 1. The number of aryl methyl sites for hydroxylation is 1. The Labute approximate surface area is 82.7 Å². The van der Waals surface area contributed by atoms with Crippen LogP contribution in [-0.2, 0) is 0 Å². The first-order valence-corrected chi connectivity index (χ1v) is 4.03. The van der Waals surface area contributed by atoms with E-state index in [9.17, 15) is 18.4 Å². The molecule has 0 aliphatic carbocycles. The van der Waals surface area contributed by atoms with Crippen molar-refractivity contribution in [2.45, 2.75) is 13.3 Å². The van der Waals surface area contributed by atoms with Crippen LogP contribution in [0.2, 0.25) is 0 Å². The summed E-state index contributed by atoms with van der Waals surface area (Å²) in [6.07, 6.45) is -2.86. The summed E-state index contributed by atoms with van der Waals surface area (Å²) in [4.78, 5) is 23.7. The molecule has 0 atom stereocenters. The van der Waals surface area contributed by atoms with Crippen molar-refractivity contribution in [3.8, 4) is 0 Å². The van der Waals surface area contributed by atoms with E-state index in [2.05, 4.69) is 0 Å². The molecule has 3 nitrogen and oxygen atoms in total. The van der Waals surface area contributed by atoms with Crippen LogP contribution >= 0.6 is 11.6 Å². The number of carbonyl (C=O) groups excluding carboxylic acids is 1. The van der Waals surface area contributed by atoms with Gasteiger partial charge in [0.15, 0.2) is 0 Å². The lowest BCUT2D eigenvalue weighted by Crippen LogP contribution is -2.17.